The summed E-state index contributed by atoms with van der Waals surface area (Å²) in [7, 11) is 0. The molecule has 0 saturated heterocycles. The van der Waals surface area contributed by atoms with E-state index in [1.807, 2.05) is 6.92 Å². The minimum atomic E-state index is -1.71. The molecule has 9 heteroatoms. The van der Waals surface area contributed by atoms with E-state index in [1.165, 1.54) is 0 Å². The highest BCUT2D eigenvalue weighted by Gasteiger charge is 2.68. The van der Waals surface area contributed by atoms with Gasteiger partial charge in [-0.15, -0.1) is 0 Å². The van der Waals surface area contributed by atoms with Crippen molar-refractivity contribution in [1.82, 2.24) is 5.32 Å². The van der Waals surface area contributed by atoms with Crippen molar-refractivity contribution in [1.29, 1.82) is 0 Å². The van der Waals surface area contributed by atoms with Gasteiger partial charge in [0.25, 0.3) is 0 Å². The highest BCUT2D eigenvalue weighted by Crippen LogP contribution is 2.67. The molecule has 4 aliphatic rings. The third kappa shape index (κ3) is 5.41. The number of benzene rings is 1. The summed E-state index contributed by atoms with van der Waals surface area (Å²) in [4.78, 5) is 50.0. The Balaban J connectivity index is 1.13. The number of allylic oxidation sites excluding steroid dienone is 1. The number of hydrogen-bond donors (Lipinski definition) is 4. The number of amides is 1. The van der Waals surface area contributed by atoms with Crippen LogP contribution in [0.5, 0.6) is 5.75 Å². The molecule has 0 spiro atoms. The van der Waals surface area contributed by atoms with Crippen molar-refractivity contribution in [3.63, 3.8) is 0 Å². The van der Waals surface area contributed by atoms with Crippen LogP contribution >= 0.6 is 0 Å². The van der Waals surface area contributed by atoms with Crippen LogP contribution < -0.4 is 5.32 Å². The molecule has 0 bridgehead atoms. The lowest BCUT2D eigenvalue weighted by Gasteiger charge is -2.60. The first-order chi connectivity index (χ1) is 19.9. The Morgan fingerprint density at radius 2 is 1.79 bits per heavy atom. The average molecular weight is 582 g/mol. The van der Waals surface area contributed by atoms with Crippen molar-refractivity contribution in [2.24, 2.45) is 28.6 Å². The fourth-order valence-corrected chi connectivity index (χ4v) is 8.80. The maximum absolute atomic E-state index is 13.4. The van der Waals surface area contributed by atoms with Gasteiger partial charge in [0.05, 0.1) is 12.5 Å². The number of carbonyl (C=O) groups excluding carboxylic acids is 4. The summed E-state index contributed by atoms with van der Waals surface area (Å²) in [6.45, 7) is 3.86. The zero-order valence-corrected chi connectivity index (χ0v) is 24.6. The van der Waals surface area contributed by atoms with Gasteiger partial charge in [0.2, 0.25) is 11.7 Å². The quantitative estimate of drug-likeness (QED) is 0.325. The lowest BCUT2D eigenvalue weighted by Crippen LogP contribution is -2.62. The molecule has 5 rings (SSSR count). The lowest BCUT2D eigenvalue weighted by atomic mass is 9.45. The van der Waals surface area contributed by atoms with E-state index >= 15 is 0 Å². The van der Waals surface area contributed by atoms with E-state index in [9.17, 15) is 34.5 Å². The second-order valence-corrected chi connectivity index (χ2v) is 13.3. The van der Waals surface area contributed by atoms with Crippen LogP contribution in [0, 0.1) is 28.6 Å². The molecule has 228 valence electrons. The Labute approximate surface area is 246 Å². The summed E-state index contributed by atoms with van der Waals surface area (Å²) >= 11 is 0. The molecule has 4 N–H and O–H groups in total. The number of ether oxygens (including phenoxy) is 1. The first-order valence-corrected chi connectivity index (χ1v) is 15.3. The van der Waals surface area contributed by atoms with Crippen LogP contribution in [0.25, 0.3) is 0 Å². The van der Waals surface area contributed by atoms with Crippen LogP contribution in [0.3, 0.4) is 0 Å². The van der Waals surface area contributed by atoms with Gasteiger partial charge in [-0.2, -0.15) is 0 Å². The number of esters is 1. The van der Waals surface area contributed by atoms with Crippen molar-refractivity contribution in [2.45, 2.75) is 89.8 Å². The Bertz CT molecular complexity index is 1270. The highest BCUT2D eigenvalue weighted by atomic mass is 16.5. The molecule has 1 aromatic rings. The molecule has 0 aromatic heterocycles. The molecule has 42 heavy (non-hydrogen) atoms. The number of aromatic hydroxyl groups is 1. The van der Waals surface area contributed by atoms with E-state index in [-0.39, 0.29) is 66.3 Å². The van der Waals surface area contributed by atoms with Gasteiger partial charge in [-0.25, -0.2) is 0 Å². The number of hydrogen-bond acceptors (Lipinski definition) is 8. The second kappa shape index (κ2) is 11.6. The molecule has 4 aliphatic carbocycles. The molecule has 9 nitrogen and oxygen atoms in total. The molecule has 1 aromatic carbocycles. The van der Waals surface area contributed by atoms with E-state index in [2.05, 4.69) is 12.2 Å². The van der Waals surface area contributed by atoms with E-state index < -0.39 is 35.5 Å². The van der Waals surface area contributed by atoms with Gasteiger partial charge >= 0.3 is 5.97 Å². The summed E-state index contributed by atoms with van der Waals surface area (Å²) in [5.41, 5.74) is -0.733. The average Bonchev–Trinajstić information content (AvgIpc) is 3.22. The van der Waals surface area contributed by atoms with Gasteiger partial charge in [-0.3, -0.25) is 19.2 Å². The number of phenolic OH excluding ortho intramolecular Hbond substituents is 1. The zero-order chi connectivity index (χ0) is 30.3. The number of aliphatic hydroxyl groups excluding tert-OH is 1. The van der Waals surface area contributed by atoms with Gasteiger partial charge in [0.1, 0.15) is 11.4 Å². The van der Waals surface area contributed by atoms with E-state index in [4.69, 9.17) is 4.74 Å². The van der Waals surface area contributed by atoms with Gasteiger partial charge in [-0.05, 0) is 91.9 Å². The third-order valence-corrected chi connectivity index (χ3v) is 11.1. The summed E-state index contributed by atoms with van der Waals surface area (Å²) < 4.78 is 5.22. The molecule has 0 aliphatic heterocycles. The molecule has 0 unspecified atom stereocenters. The second-order valence-electron chi connectivity index (χ2n) is 13.3. The number of aliphatic hydroxyl groups is 2. The molecular formula is C33H43NO8. The van der Waals surface area contributed by atoms with Crippen LogP contribution in [0.2, 0.25) is 0 Å². The number of Topliss-reactive ketones (excluding diaryl/α,β-unsaturated/α-hetero) is 1. The molecule has 7 atom stereocenters. The predicted molar refractivity (Wildman–Crippen MR) is 153 cm³/mol. The summed E-state index contributed by atoms with van der Waals surface area (Å²) in [6.07, 6.45) is 5.36. The molecule has 0 heterocycles. The number of phenols is 1. The molecule has 3 saturated carbocycles. The Kier molecular flexibility index (Phi) is 8.38. The van der Waals surface area contributed by atoms with Crippen molar-refractivity contribution in [2.75, 3.05) is 13.2 Å². The summed E-state index contributed by atoms with van der Waals surface area (Å²) in [5.74, 6) is -1.08. The summed E-state index contributed by atoms with van der Waals surface area (Å²) in [5, 5.41) is 35.4. The van der Waals surface area contributed by atoms with Gasteiger partial charge < -0.3 is 25.4 Å². The van der Waals surface area contributed by atoms with Gasteiger partial charge in [0, 0.05) is 24.8 Å². The summed E-state index contributed by atoms with van der Waals surface area (Å²) in [6, 6.07) is 6.69. The van der Waals surface area contributed by atoms with E-state index in [0.29, 0.717) is 25.8 Å². The van der Waals surface area contributed by atoms with Crippen molar-refractivity contribution in [3.05, 3.63) is 41.5 Å². The predicted octanol–water partition coefficient (Wildman–Crippen LogP) is 3.18. The number of rotatable bonds is 9. The van der Waals surface area contributed by atoms with Crippen molar-refractivity contribution in [3.8, 4) is 5.75 Å². The SMILES string of the molecule is C[C@]12CCC(=O)C=C1CC[C@@H]1[C@@H]2[C@H](O)C[C@@]2(C)[C@@H]1CC[C@]2(O)C(=O)COC(=O)CCC(=O)NCCc1ccc(O)cc1. The highest BCUT2D eigenvalue weighted by molar-refractivity contribution is 5.92. The van der Waals surface area contributed by atoms with E-state index in [0.717, 1.165) is 30.4 Å². The fraction of sp³-hybridized carbons (Fsp3) is 0.636. The normalized spacial score (nSPS) is 35.3. The van der Waals surface area contributed by atoms with Crippen LogP contribution in [-0.4, -0.2) is 63.6 Å². The number of carbonyl (C=O) groups is 4. The largest absolute Gasteiger partial charge is 0.508 e. The Morgan fingerprint density at radius 3 is 2.52 bits per heavy atom. The Morgan fingerprint density at radius 1 is 1.05 bits per heavy atom. The van der Waals surface area contributed by atoms with E-state index in [1.54, 1.807) is 30.3 Å². The molecule has 1 amide bonds. The Hall–Kier alpha value is -3.04. The fourth-order valence-electron chi connectivity index (χ4n) is 8.80. The zero-order valence-electron chi connectivity index (χ0n) is 24.6. The minimum absolute atomic E-state index is 0.0220. The first-order valence-electron chi connectivity index (χ1n) is 15.3. The third-order valence-electron chi connectivity index (χ3n) is 11.1. The standard InChI is InChI=1S/C33H43NO8/c1-31-14-11-23(36)17-21(31)5-8-24-25-12-15-33(41,32(25,2)18-26(37)30(24)31)27(38)19-42-29(40)10-9-28(39)34-16-13-20-3-6-22(35)7-4-20/h3-4,6-7,17,24-26,30,35,37,41H,5,8-16,18-19H2,1-2H3,(H,34,39)/t24-,25+,26+,30+,31-,32-,33-/m0/s1. The molecular weight excluding hydrogens is 538 g/mol. The lowest BCUT2D eigenvalue weighted by molar-refractivity contribution is -0.184. The van der Waals surface area contributed by atoms with Crippen molar-refractivity contribution < 1.29 is 39.2 Å². The number of nitrogens with one attached hydrogen (secondary N) is 1. The number of fused-ring (bicyclic) bond motifs is 5. The minimum Gasteiger partial charge on any atom is -0.508 e. The molecule has 3 fully saturated rings. The maximum Gasteiger partial charge on any atom is 0.306 e. The number of ketones is 2. The van der Waals surface area contributed by atoms with Crippen LogP contribution in [0.1, 0.15) is 77.2 Å². The first kappa shape index (κ1) is 30.4. The molecule has 0 radical (unpaired) electrons. The van der Waals surface area contributed by atoms with Crippen molar-refractivity contribution >= 4 is 23.4 Å². The van der Waals surface area contributed by atoms with Crippen LogP contribution in [-0.2, 0) is 30.3 Å². The van der Waals surface area contributed by atoms with Crippen LogP contribution in [0.15, 0.2) is 35.9 Å². The van der Waals surface area contributed by atoms with Crippen LogP contribution in [0.4, 0.5) is 0 Å². The van der Waals surface area contributed by atoms with Gasteiger partial charge in [0.15, 0.2) is 12.4 Å². The maximum atomic E-state index is 13.4. The topological polar surface area (TPSA) is 150 Å². The van der Waals surface area contributed by atoms with Gasteiger partial charge in [-0.1, -0.05) is 31.6 Å². The smallest absolute Gasteiger partial charge is 0.306 e. The monoisotopic (exact) mass is 581 g/mol.